The van der Waals surface area contributed by atoms with Crippen LogP contribution in [-0.2, 0) is 35.0 Å². The number of carbonyl (C=O) groups is 5. The second-order valence-electron chi connectivity index (χ2n) is 11.1. The molecule has 2 amide bonds. The third kappa shape index (κ3) is 10.9. The van der Waals surface area contributed by atoms with Crippen LogP contribution >= 0.6 is 34.5 Å². The quantitative estimate of drug-likeness (QED) is 0.165. The van der Waals surface area contributed by atoms with Crippen molar-refractivity contribution in [3.05, 3.63) is 85.8 Å². The summed E-state index contributed by atoms with van der Waals surface area (Å²) in [4.78, 5) is 70.6. The molecule has 1 aromatic heterocycles. The maximum atomic E-state index is 13.8. The van der Waals surface area contributed by atoms with Crippen LogP contribution in [-0.4, -0.2) is 91.2 Å². The number of Topliss-reactive ketones (excluding diaryl/α,β-unsaturated/α-hetero) is 2. The summed E-state index contributed by atoms with van der Waals surface area (Å²) in [7, 11) is 2.72. The molecule has 3 rings (SSSR count). The zero-order valence-electron chi connectivity index (χ0n) is 26.8. The van der Waals surface area contributed by atoms with Crippen LogP contribution in [0.4, 0.5) is 0 Å². The van der Waals surface area contributed by atoms with Gasteiger partial charge in [0.15, 0.2) is 17.2 Å². The Balaban J connectivity index is 1.78. The molecular weight excluding hydrogens is 685 g/mol. The number of thiazole rings is 1. The first-order valence-corrected chi connectivity index (χ1v) is 16.3. The Kier molecular flexibility index (Phi) is 14.6. The molecule has 0 radical (unpaired) electrons. The van der Waals surface area contributed by atoms with Gasteiger partial charge in [-0.1, -0.05) is 59.6 Å². The lowest BCUT2D eigenvalue weighted by Gasteiger charge is -2.29. The number of hydrogen-bond donors (Lipinski definition) is 3. The number of nitrogens with zero attached hydrogens (tertiary/aromatic N) is 1. The largest absolute Gasteiger partial charge is 0.458 e. The molecule has 48 heavy (non-hydrogen) atoms. The van der Waals surface area contributed by atoms with E-state index in [9.17, 15) is 29.1 Å². The summed E-state index contributed by atoms with van der Waals surface area (Å²) in [6, 6.07) is 10.8. The highest BCUT2D eigenvalue weighted by Gasteiger charge is 2.40. The van der Waals surface area contributed by atoms with E-state index in [1.165, 1.54) is 32.5 Å². The van der Waals surface area contributed by atoms with Gasteiger partial charge in [-0.3, -0.25) is 19.2 Å². The molecule has 12 nitrogen and oxygen atoms in total. The molecule has 3 N–H and O–H groups in total. The molecule has 0 aliphatic carbocycles. The fourth-order valence-electron chi connectivity index (χ4n) is 4.66. The van der Waals surface area contributed by atoms with Crippen LogP contribution in [0.3, 0.4) is 0 Å². The second-order valence-corrected chi connectivity index (χ2v) is 13.2. The first-order valence-electron chi connectivity index (χ1n) is 14.7. The number of aliphatic hydroxyl groups is 1. The van der Waals surface area contributed by atoms with Gasteiger partial charge in [0.25, 0.3) is 5.91 Å². The van der Waals surface area contributed by atoms with Gasteiger partial charge < -0.3 is 30.0 Å². The molecule has 0 aliphatic rings. The van der Waals surface area contributed by atoms with E-state index in [1.807, 2.05) is 0 Å². The van der Waals surface area contributed by atoms with E-state index in [0.717, 1.165) is 18.3 Å². The fourth-order valence-corrected chi connectivity index (χ4v) is 5.89. The van der Waals surface area contributed by atoms with Crippen molar-refractivity contribution in [3.63, 3.8) is 0 Å². The molecule has 0 saturated carbocycles. The van der Waals surface area contributed by atoms with Crippen LogP contribution < -0.4 is 10.6 Å². The summed E-state index contributed by atoms with van der Waals surface area (Å²) >= 11 is 13.3. The van der Waals surface area contributed by atoms with Crippen LogP contribution in [0.25, 0.3) is 0 Å². The fraction of sp³-hybridized carbons (Fsp3) is 0.394. The van der Waals surface area contributed by atoms with Gasteiger partial charge in [0.05, 0.1) is 52.0 Å². The molecular formula is C33H37Cl2N3O9S. The minimum absolute atomic E-state index is 0.0253. The van der Waals surface area contributed by atoms with Gasteiger partial charge in [-0.05, 0) is 38.0 Å². The lowest BCUT2D eigenvalue weighted by atomic mass is 9.90. The third-order valence-electron chi connectivity index (χ3n) is 7.16. The molecule has 1 heterocycles. The van der Waals surface area contributed by atoms with Gasteiger partial charge in [0.2, 0.25) is 5.91 Å². The number of esters is 1. The van der Waals surface area contributed by atoms with Crippen LogP contribution in [0.5, 0.6) is 0 Å². The lowest BCUT2D eigenvalue weighted by Crippen LogP contribution is -2.55. The number of methoxy groups -OCH3 is 2. The van der Waals surface area contributed by atoms with Crippen molar-refractivity contribution in [1.82, 2.24) is 15.6 Å². The van der Waals surface area contributed by atoms with Crippen molar-refractivity contribution in [1.29, 1.82) is 0 Å². The van der Waals surface area contributed by atoms with Gasteiger partial charge in [-0.2, -0.15) is 0 Å². The first kappa shape index (κ1) is 38.7. The summed E-state index contributed by atoms with van der Waals surface area (Å²) in [6.45, 7) is 1.77. The molecule has 258 valence electrons. The van der Waals surface area contributed by atoms with Crippen molar-refractivity contribution in [2.75, 3.05) is 34.0 Å². The molecule has 3 aromatic rings. The van der Waals surface area contributed by atoms with Crippen LogP contribution in [0, 0.1) is 12.8 Å². The lowest BCUT2D eigenvalue weighted by molar-refractivity contribution is -0.144. The number of rotatable bonds is 18. The minimum atomic E-state index is -2.26. The van der Waals surface area contributed by atoms with Gasteiger partial charge in [-0.15, -0.1) is 11.3 Å². The maximum absolute atomic E-state index is 13.8. The highest BCUT2D eigenvalue weighted by atomic mass is 35.5. The number of nitrogens with one attached hydrogen (secondary N) is 2. The number of aromatic nitrogens is 1. The second kappa shape index (κ2) is 18.2. The van der Waals surface area contributed by atoms with Crippen LogP contribution in [0.1, 0.15) is 43.9 Å². The number of ether oxygens (including phenoxy) is 3. The van der Waals surface area contributed by atoms with Crippen molar-refractivity contribution < 1.29 is 43.3 Å². The van der Waals surface area contributed by atoms with E-state index >= 15 is 0 Å². The zero-order chi connectivity index (χ0) is 35.4. The van der Waals surface area contributed by atoms with E-state index in [4.69, 9.17) is 37.4 Å². The van der Waals surface area contributed by atoms with Gasteiger partial charge in [0.1, 0.15) is 17.5 Å². The van der Waals surface area contributed by atoms with Gasteiger partial charge >= 0.3 is 5.97 Å². The molecule has 0 unspecified atom stereocenters. The molecule has 0 spiro atoms. The SMILES string of the molecule is COC[C@H](CC(=O)[C@H](COC)NC(=O)c1cnc(C)s1)C(=O)N[C@@H](Cc1ccccc1)C(=O)[C@](C)(O)COC(=O)c1c(Cl)cccc1Cl. The normalized spacial score (nSPS) is 14.2. The van der Waals surface area contributed by atoms with E-state index in [2.05, 4.69) is 15.6 Å². The Morgan fingerprint density at radius 2 is 1.58 bits per heavy atom. The molecule has 15 heteroatoms. The average molecular weight is 723 g/mol. The first-order chi connectivity index (χ1) is 22.8. The predicted octanol–water partition coefficient (Wildman–Crippen LogP) is 3.63. The maximum Gasteiger partial charge on any atom is 0.341 e. The van der Waals surface area contributed by atoms with Crippen molar-refractivity contribution in [3.8, 4) is 0 Å². The number of ketones is 2. The van der Waals surface area contributed by atoms with Crippen LogP contribution in [0.2, 0.25) is 10.0 Å². The van der Waals surface area contributed by atoms with Crippen molar-refractivity contribution in [2.45, 2.75) is 44.4 Å². The summed E-state index contributed by atoms with van der Waals surface area (Å²) in [5.74, 6) is -4.63. The topological polar surface area (TPSA) is 170 Å². The molecule has 0 aliphatic heterocycles. The number of carbonyl (C=O) groups excluding carboxylic acids is 5. The Bertz CT molecular complexity index is 1580. The average Bonchev–Trinajstić information content (AvgIpc) is 3.49. The van der Waals surface area contributed by atoms with E-state index in [0.29, 0.717) is 15.4 Å². The van der Waals surface area contributed by atoms with E-state index in [-0.39, 0.29) is 41.7 Å². The summed E-state index contributed by atoms with van der Waals surface area (Å²) < 4.78 is 15.6. The third-order valence-corrected chi connectivity index (χ3v) is 8.70. The molecule has 0 fully saturated rings. The Morgan fingerprint density at radius 3 is 2.17 bits per heavy atom. The summed E-state index contributed by atoms with van der Waals surface area (Å²) in [5.41, 5.74) is -1.73. The zero-order valence-corrected chi connectivity index (χ0v) is 29.1. The molecule has 0 saturated heterocycles. The molecule has 2 aromatic carbocycles. The minimum Gasteiger partial charge on any atom is -0.458 e. The number of aryl methyl sites for hydroxylation is 1. The Labute approximate surface area is 292 Å². The number of amides is 2. The van der Waals surface area contributed by atoms with Crippen molar-refractivity contribution >= 4 is 63.9 Å². The standard InChI is InChI=1S/C33H37Cl2N3O9S/c1-19-36-15-27(48-19)31(42)38-25(17-46-4)26(39)14-21(16-45-3)30(41)37-24(13-20-9-6-5-7-10-20)29(40)33(2,44)18-47-32(43)28-22(34)11-8-12-23(28)35/h5-12,15,21,24-25,44H,13-14,16-18H2,1-4H3,(H,37,41)(H,38,42)/t21-,24-,25-,33+/m0/s1. The van der Waals surface area contributed by atoms with Gasteiger partial charge in [-0.25, -0.2) is 9.78 Å². The van der Waals surface area contributed by atoms with E-state index < -0.39 is 59.6 Å². The monoisotopic (exact) mass is 721 g/mol. The summed E-state index contributed by atoms with van der Waals surface area (Å²) in [6.07, 6.45) is 1.00. The Morgan fingerprint density at radius 1 is 0.938 bits per heavy atom. The number of benzene rings is 2. The number of halogens is 2. The summed E-state index contributed by atoms with van der Waals surface area (Å²) in [5, 5.41) is 17.2. The molecule has 4 atom stereocenters. The Hall–Kier alpha value is -3.72. The van der Waals surface area contributed by atoms with Gasteiger partial charge in [0, 0.05) is 20.6 Å². The molecule has 0 bridgehead atoms. The smallest absolute Gasteiger partial charge is 0.341 e. The number of hydrogen-bond acceptors (Lipinski definition) is 11. The highest BCUT2D eigenvalue weighted by molar-refractivity contribution is 7.13. The highest BCUT2D eigenvalue weighted by Crippen LogP contribution is 2.26. The van der Waals surface area contributed by atoms with Crippen LogP contribution in [0.15, 0.2) is 54.7 Å². The van der Waals surface area contributed by atoms with E-state index in [1.54, 1.807) is 43.3 Å². The van der Waals surface area contributed by atoms with Crippen molar-refractivity contribution in [2.24, 2.45) is 5.92 Å². The predicted molar refractivity (Wildman–Crippen MR) is 179 cm³/mol.